The van der Waals surface area contributed by atoms with Crippen LogP contribution in [-0.4, -0.2) is 35.0 Å². The zero-order valence-electron chi connectivity index (χ0n) is 12.2. The van der Waals surface area contributed by atoms with E-state index in [1.165, 1.54) is 14.2 Å². The molecule has 0 saturated heterocycles. The number of rotatable bonds is 7. The van der Waals surface area contributed by atoms with E-state index in [0.29, 0.717) is 17.2 Å². The van der Waals surface area contributed by atoms with Gasteiger partial charge in [-0.25, -0.2) is 13.6 Å². The number of hydrogen-bond donors (Lipinski definition) is 1. The van der Waals surface area contributed by atoms with Crippen molar-refractivity contribution < 1.29 is 22.6 Å². The lowest BCUT2D eigenvalue weighted by atomic mass is 10.2. The van der Waals surface area contributed by atoms with Crippen LogP contribution < -0.4 is 19.3 Å². The first-order valence-electron chi connectivity index (χ1n) is 6.12. The highest BCUT2D eigenvalue weighted by atomic mass is 32.2. The predicted molar refractivity (Wildman–Crippen MR) is 76.9 cm³/mol. The lowest BCUT2D eigenvalue weighted by molar-refractivity contribution is 0.244. The predicted octanol–water partition coefficient (Wildman–Crippen LogP) is 1.32. The van der Waals surface area contributed by atoms with Crippen LogP contribution in [0.15, 0.2) is 12.1 Å². The van der Waals surface area contributed by atoms with Crippen LogP contribution in [0.5, 0.6) is 17.2 Å². The van der Waals surface area contributed by atoms with E-state index in [9.17, 15) is 8.42 Å². The second-order valence-corrected chi connectivity index (χ2v) is 6.40. The molecule has 0 saturated carbocycles. The highest BCUT2D eigenvalue weighted by Gasteiger charge is 2.16. The minimum absolute atomic E-state index is 0.135. The fourth-order valence-electron chi connectivity index (χ4n) is 1.82. The van der Waals surface area contributed by atoms with Crippen molar-refractivity contribution in [2.45, 2.75) is 13.8 Å². The molecule has 20 heavy (non-hydrogen) atoms. The first-order chi connectivity index (χ1) is 9.26. The summed E-state index contributed by atoms with van der Waals surface area (Å²) in [5, 5.41) is 5.00. The average molecular weight is 303 g/mol. The first kappa shape index (κ1) is 16.6. The van der Waals surface area contributed by atoms with Gasteiger partial charge in [0.15, 0.2) is 11.5 Å². The van der Waals surface area contributed by atoms with Crippen molar-refractivity contribution in [1.82, 2.24) is 0 Å². The molecule has 114 valence electrons. The smallest absolute Gasteiger partial charge is 0.209 e. The van der Waals surface area contributed by atoms with Gasteiger partial charge in [-0.1, -0.05) is 6.92 Å². The van der Waals surface area contributed by atoms with Gasteiger partial charge in [0.2, 0.25) is 15.8 Å². The molecule has 1 atom stereocenters. The molecule has 0 radical (unpaired) electrons. The molecule has 1 aromatic carbocycles. The number of methoxy groups -OCH3 is 2. The SMILES string of the molecule is COc1cc(C)cc(OC)c1OCC(C)CS(N)(=O)=O. The lowest BCUT2D eigenvalue weighted by Crippen LogP contribution is -2.25. The zero-order valence-corrected chi connectivity index (χ0v) is 13.0. The lowest BCUT2D eigenvalue weighted by Gasteiger charge is -2.17. The Labute approximate surface area is 119 Å². The quantitative estimate of drug-likeness (QED) is 0.820. The van der Waals surface area contributed by atoms with Gasteiger partial charge in [0.05, 0.1) is 26.6 Å². The van der Waals surface area contributed by atoms with Crippen molar-refractivity contribution in [2.24, 2.45) is 11.1 Å². The molecule has 0 heterocycles. The number of sulfonamides is 1. The fraction of sp³-hybridized carbons (Fsp3) is 0.538. The Morgan fingerprint density at radius 1 is 1.20 bits per heavy atom. The average Bonchev–Trinajstić information content (AvgIpc) is 2.33. The Balaban J connectivity index is 2.86. The Kier molecular flexibility index (Phi) is 5.64. The summed E-state index contributed by atoms with van der Waals surface area (Å²) in [5.41, 5.74) is 0.976. The maximum absolute atomic E-state index is 11.0. The summed E-state index contributed by atoms with van der Waals surface area (Å²) >= 11 is 0. The number of primary sulfonamides is 1. The molecule has 0 aliphatic carbocycles. The van der Waals surface area contributed by atoms with Crippen molar-refractivity contribution in [3.05, 3.63) is 17.7 Å². The number of aryl methyl sites for hydroxylation is 1. The standard InChI is InChI=1S/C13H21NO5S/c1-9-5-11(17-3)13(12(6-9)18-4)19-7-10(2)8-20(14,15)16/h5-6,10H,7-8H2,1-4H3,(H2,14,15,16). The van der Waals surface area contributed by atoms with Gasteiger partial charge in [-0.05, 0) is 24.6 Å². The molecule has 0 aliphatic heterocycles. The van der Waals surface area contributed by atoms with Crippen molar-refractivity contribution >= 4 is 10.0 Å². The minimum atomic E-state index is -3.51. The van der Waals surface area contributed by atoms with E-state index < -0.39 is 10.0 Å². The molecule has 7 heteroatoms. The van der Waals surface area contributed by atoms with Gasteiger partial charge in [-0.3, -0.25) is 0 Å². The monoisotopic (exact) mass is 303 g/mol. The van der Waals surface area contributed by atoms with Crippen LogP contribution in [0.1, 0.15) is 12.5 Å². The van der Waals surface area contributed by atoms with Gasteiger partial charge in [-0.15, -0.1) is 0 Å². The molecule has 6 nitrogen and oxygen atoms in total. The zero-order chi connectivity index (χ0) is 15.3. The third kappa shape index (κ3) is 4.90. The maximum Gasteiger partial charge on any atom is 0.209 e. The molecule has 2 N–H and O–H groups in total. The fourth-order valence-corrected chi connectivity index (χ4v) is 2.71. The van der Waals surface area contributed by atoms with E-state index in [2.05, 4.69) is 0 Å². The van der Waals surface area contributed by atoms with E-state index >= 15 is 0 Å². The van der Waals surface area contributed by atoms with E-state index in [1.54, 1.807) is 6.92 Å². The van der Waals surface area contributed by atoms with Gasteiger partial charge in [-0.2, -0.15) is 0 Å². The van der Waals surface area contributed by atoms with Gasteiger partial charge in [0.25, 0.3) is 0 Å². The summed E-state index contributed by atoms with van der Waals surface area (Å²) in [4.78, 5) is 0. The molecule has 1 aromatic rings. The van der Waals surface area contributed by atoms with Crippen LogP contribution in [0.3, 0.4) is 0 Å². The minimum Gasteiger partial charge on any atom is -0.493 e. The van der Waals surface area contributed by atoms with Crippen LogP contribution in [0.25, 0.3) is 0 Å². The molecule has 0 aliphatic rings. The van der Waals surface area contributed by atoms with Crippen molar-refractivity contribution in [3.63, 3.8) is 0 Å². The van der Waals surface area contributed by atoms with Gasteiger partial charge in [0.1, 0.15) is 0 Å². The molecule has 0 fully saturated rings. The first-order valence-corrected chi connectivity index (χ1v) is 7.84. The highest BCUT2D eigenvalue weighted by Crippen LogP contribution is 2.38. The topological polar surface area (TPSA) is 87.8 Å². The van der Waals surface area contributed by atoms with E-state index in [4.69, 9.17) is 19.3 Å². The maximum atomic E-state index is 11.0. The van der Waals surface area contributed by atoms with E-state index in [-0.39, 0.29) is 18.3 Å². The summed E-state index contributed by atoms with van der Waals surface area (Å²) in [6, 6.07) is 3.64. The van der Waals surface area contributed by atoms with Crippen LogP contribution in [0.4, 0.5) is 0 Å². The van der Waals surface area contributed by atoms with Crippen molar-refractivity contribution in [2.75, 3.05) is 26.6 Å². The number of nitrogens with two attached hydrogens (primary N) is 1. The third-order valence-electron chi connectivity index (χ3n) is 2.63. The van der Waals surface area contributed by atoms with Gasteiger partial charge in [0, 0.05) is 5.92 Å². The molecular weight excluding hydrogens is 282 g/mol. The van der Waals surface area contributed by atoms with Gasteiger partial charge >= 0.3 is 0 Å². The molecule has 0 bridgehead atoms. The van der Waals surface area contributed by atoms with E-state index in [0.717, 1.165) is 5.56 Å². The van der Waals surface area contributed by atoms with Crippen LogP contribution in [0, 0.1) is 12.8 Å². The second kappa shape index (κ2) is 6.81. The van der Waals surface area contributed by atoms with Crippen LogP contribution >= 0.6 is 0 Å². The molecular formula is C13H21NO5S. The Morgan fingerprint density at radius 3 is 2.10 bits per heavy atom. The normalized spacial score (nSPS) is 12.8. The summed E-state index contributed by atoms with van der Waals surface area (Å²) in [6.45, 7) is 3.86. The summed E-state index contributed by atoms with van der Waals surface area (Å²) in [7, 11) is -0.435. The molecule has 0 amide bonds. The number of hydrogen-bond acceptors (Lipinski definition) is 5. The largest absolute Gasteiger partial charge is 0.493 e. The van der Waals surface area contributed by atoms with Crippen LogP contribution in [0.2, 0.25) is 0 Å². The van der Waals surface area contributed by atoms with Gasteiger partial charge < -0.3 is 14.2 Å². The van der Waals surface area contributed by atoms with Crippen molar-refractivity contribution in [1.29, 1.82) is 0 Å². The molecule has 1 unspecified atom stereocenters. The number of ether oxygens (including phenoxy) is 3. The second-order valence-electron chi connectivity index (χ2n) is 4.74. The summed E-state index contributed by atoms with van der Waals surface area (Å²) in [5.74, 6) is 1.18. The number of benzene rings is 1. The van der Waals surface area contributed by atoms with Crippen LogP contribution in [-0.2, 0) is 10.0 Å². The van der Waals surface area contributed by atoms with E-state index in [1.807, 2.05) is 19.1 Å². The molecule has 0 aromatic heterocycles. The molecule has 1 rings (SSSR count). The Bertz CT molecular complexity index is 531. The molecule has 0 spiro atoms. The summed E-state index contributed by atoms with van der Waals surface area (Å²) in [6.07, 6.45) is 0. The Hall–Kier alpha value is -1.47. The Morgan fingerprint density at radius 2 is 1.70 bits per heavy atom. The highest BCUT2D eigenvalue weighted by molar-refractivity contribution is 7.89. The van der Waals surface area contributed by atoms with Crippen molar-refractivity contribution in [3.8, 4) is 17.2 Å². The third-order valence-corrected chi connectivity index (χ3v) is 3.67. The summed E-state index contributed by atoms with van der Waals surface area (Å²) < 4.78 is 38.2.